The molecule has 0 atom stereocenters. The number of carbonyl (C=O) groups is 1. The summed E-state index contributed by atoms with van der Waals surface area (Å²) in [5, 5.41) is 9.27. The average molecular weight is 268 g/mol. The molecule has 2 nitrogen and oxygen atoms in total. The van der Waals surface area contributed by atoms with Gasteiger partial charge in [0.1, 0.15) is 5.78 Å². The molecular weight excluding hydrogens is 253 g/mol. The van der Waals surface area contributed by atoms with E-state index in [9.17, 15) is 4.79 Å². The maximum atomic E-state index is 11.5. The number of halogens is 1. The Morgan fingerprint density at radius 1 is 1.47 bits per heavy atom. The third-order valence-corrected chi connectivity index (χ3v) is 4.73. The van der Waals surface area contributed by atoms with Crippen molar-refractivity contribution in [3.63, 3.8) is 0 Å². The van der Waals surface area contributed by atoms with Gasteiger partial charge in [-0.25, -0.2) is 5.26 Å². The summed E-state index contributed by atoms with van der Waals surface area (Å²) in [5.41, 5.74) is 0.448. The maximum absolute atomic E-state index is 11.5. The molecule has 1 heterocycles. The van der Waals surface area contributed by atoms with Gasteiger partial charge in [0.25, 0.3) is 6.71 Å². The van der Waals surface area contributed by atoms with E-state index in [4.69, 9.17) is 5.26 Å². The van der Waals surface area contributed by atoms with Gasteiger partial charge in [-0.1, -0.05) is 28.6 Å². The van der Waals surface area contributed by atoms with Crippen LogP contribution in [-0.2, 0) is 4.79 Å². The zero-order valence-corrected chi connectivity index (χ0v) is 10.4. The van der Waals surface area contributed by atoms with Crippen LogP contribution in [0.15, 0.2) is 0 Å². The summed E-state index contributed by atoms with van der Waals surface area (Å²) in [6, 6.07) is 0. The number of Topliss-reactive ketones (excluding diaryl/α,β-unsaturated/α-hetero) is 1. The lowest BCUT2D eigenvalue weighted by molar-refractivity contribution is -0.121. The monoisotopic (exact) mass is 267 g/mol. The van der Waals surface area contributed by atoms with E-state index >= 15 is 0 Å². The minimum absolute atomic E-state index is 0.288. The highest BCUT2D eigenvalue weighted by atomic mass is 79.9. The Labute approximate surface area is 99.6 Å². The Hall–Kier alpha value is -0.295. The van der Waals surface area contributed by atoms with E-state index in [1.54, 1.807) is 0 Å². The van der Waals surface area contributed by atoms with E-state index in [2.05, 4.69) is 21.9 Å². The number of nitrogens with zero attached hydrogens (tertiary/aromatic N) is 1. The number of rotatable bonds is 2. The van der Waals surface area contributed by atoms with E-state index in [1.807, 2.05) is 0 Å². The van der Waals surface area contributed by atoms with Gasteiger partial charge in [-0.15, -0.1) is 0 Å². The third-order valence-electron chi connectivity index (χ3n) is 4.17. The van der Waals surface area contributed by atoms with E-state index in [0.29, 0.717) is 23.2 Å². The minimum Gasteiger partial charge on any atom is -0.298 e. The fourth-order valence-corrected chi connectivity index (χ4v) is 3.60. The number of ketones is 1. The predicted molar refractivity (Wildman–Crippen MR) is 64.2 cm³/mol. The van der Waals surface area contributed by atoms with Crippen molar-refractivity contribution in [1.29, 1.82) is 5.26 Å². The first-order valence-corrected chi connectivity index (χ1v) is 6.79. The van der Waals surface area contributed by atoms with Gasteiger partial charge in [0, 0.05) is 11.9 Å². The number of hydrogen-bond donors (Lipinski definition) is 0. The largest absolute Gasteiger partial charge is 0.298 e. The second-order valence-electron chi connectivity index (χ2n) is 5.11. The summed E-state index contributed by atoms with van der Waals surface area (Å²) in [5.74, 6) is 2.99. The molecular formula is C11H15BBrNO. The van der Waals surface area contributed by atoms with E-state index in [0.717, 1.165) is 38.3 Å². The minimum atomic E-state index is 0.288. The molecule has 0 amide bonds. The summed E-state index contributed by atoms with van der Waals surface area (Å²) >= 11 is 3.24. The van der Waals surface area contributed by atoms with Crippen LogP contribution in [0.1, 0.15) is 25.7 Å². The van der Waals surface area contributed by atoms with Crippen molar-refractivity contribution < 1.29 is 4.79 Å². The second-order valence-corrected chi connectivity index (χ2v) is 5.67. The second kappa shape index (κ2) is 4.29. The Morgan fingerprint density at radius 2 is 2.07 bits per heavy atom. The molecule has 15 heavy (non-hydrogen) atoms. The molecule has 2 aliphatic rings. The molecule has 0 aromatic rings. The zero-order chi connectivity index (χ0) is 10.9. The summed E-state index contributed by atoms with van der Waals surface area (Å²) < 4.78 is 0. The molecule has 0 aromatic heterocycles. The van der Waals surface area contributed by atoms with Crippen molar-refractivity contribution in [2.45, 2.75) is 38.3 Å². The van der Waals surface area contributed by atoms with Gasteiger partial charge >= 0.3 is 0 Å². The molecule has 0 bridgehead atoms. The molecule has 1 saturated heterocycles. The van der Waals surface area contributed by atoms with Gasteiger partial charge in [0.2, 0.25) is 0 Å². The molecule has 1 aliphatic carbocycles. The summed E-state index contributed by atoms with van der Waals surface area (Å²) in [6.07, 6.45) is 6.58. The van der Waals surface area contributed by atoms with E-state index in [-0.39, 0.29) is 5.92 Å². The van der Waals surface area contributed by atoms with Gasteiger partial charge < -0.3 is 0 Å². The van der Waals surface area contributed by atoms with Crippen molar-refractivity contribution >= 4 is 28.4 Å². The molecule has 80 valence electrons. The fourth-order valence-electron chi connectivity index (χ4n) is 3.15. The van der Waals surface area contributed by atoms with Gasteiger partial charge in [0.05, 0.1) is 5.33 Å². The number of nitriles is 1. The Kier molecular flexibility index (Phi) is 3.20. The van der Waals surface area contributed by atoms with Crippen LogP contribution in [0.3, 0.4) is 0 Å². The van der Waals surface area contributed by atoms with E-state index in [1.165, 1.54) is 0 Å². The van der Waals surface area contributed by atoms with Crippen molar-refractivity contribution in [3.05, 3.63) is 0 Å². The lowest BCUT2D eigenvalue weighted by atomic mass is 9.25. The van der Waals surface area contributed by atoms with Crippen molar-refractivity contribution in [3.8, 4) is 5.97 Å². The standard InChI is InChI=1S/C11H15BBrNO/c13-5-10(15)9-1-3-11(4-2-9)6-12(7-11)8-14/h9H,1-7H2. The molecule has 2 fully saturated rings. The van der Waals surface area contributed by atoms with E-state index < -0.39 is 0 Å². The van der Waals surface area contributed by atoms with Crippen LogP contribution in [0.2, 0.25) is 12.6 Å². The number of alkyl halides is 1. The fraction of sp³-hybridized carbons (Fsp3) is 0.818. The molecule has 0 unspecified atom stereocenters. The van der Waals surface area contributed by atoms with Crippen LogP contribution >= 0.6 is 15.9 Å². The lowest BCUT2D eigenvalue weighted by Crippen LogP contribution is -2.44. The molecule has 0 N–H and O–H groups in total. The van der Waals surface area contributed by atoms with Crippen LogP contribution in [0.5, 0.6) is 0 Å². The summed E-state index contributed by atoms with van der Waals surface area (Å²) in [6.45, 7) is 0.299. The van der Waals surface area contributed by atoms with Crippen molar-refractivity contribution in [1.82, 2.24) is 0 Å². The van der Waals surface area contributed by atoms with Crippen LogP contribution in [0.25, 0.3) is 0 Å². The Morgan fingerprint density at radius 3 is 2.53 bits per heavy atom. The SMILES string of the molecule is N#CB1CC2(CCC(C(=O)CBr)CC2)C1. The molecule has 0 aromatic carbocycles. The topological polar surface area (TPSA) is 40.9 Å². The summed E-state index contributed by atoms with van der Waals surface area (Å²) in [4.78, 5) is 11.5. The van der Waals surface area contributed by atoms with Crippen LogP contribution in [0, 0.1) is 22.6 Å². The lowest BCUT2D eigenvalue weighted by Gasteiger charge is -2.48. The quantitative estimate of drug-likeness (QED) is 0.570. The zero-order valence-electron chi connectivity index (χ0n) is 8.84. The van der Waals surface area contributed by atoms with Crippen molar-refractivity contribution in [2.75, 3.05) is 5.33 Å². The first-order chi connectivity index (χ1) is 7.19. The summed E-state index contributed by atoms with van der Waals surface area (Å²) in [7, 11) is 0. The highest BCUT2D eigenvalue weighted by Gasteiger charge is 2.48. The Balaban J connectivity index is 1.84. The van der Waals surface area contributed by atoms with Gasteiger partial charge in [-0.2, -0.15) is 0 Å². The molecule has 1 aliphatic heterocycles. The first kappa shape index (κ1) is 11.2. The van der Waals surface area contributed by atoms with Gasteiger partial charge in [0.15, 0.2) is 0 Å². The predicted octanol–water partition coefficient (Wildman–Crippen LogP) is 2.70. The molecule has 0 radical (unpaired) electrons. The maximum Gasteiger partial charge on any atom is 0.268 e. The first-order valence-electron chi connectivity index (χ1n) is 5.67. The van der Waals surface area contributed by atoms with Gasteiger partial charge in [-0.3, -0.25) is 4.79 Å². The highest BCUT2D eigenvalue weighted by molar-refractivity contribution is 9.09. The number of hydrogen-bond acceptors (Lipinski definition) is 2. The normalized spacial score (nSPS) is 24.7. The Bertz CT molecular complexity index is 296. The molecule has 1 spiro atoms. The third kappa shape index (κ3) is 2.13. The molecule has 1 saturated carbocycles. The smallest absolute Gasteiger partial charge is 0.268 e. The average Bonchev–Trinajstić information content (AvgIpc) is 2.25. The number of carbonyl (C=O) groups excluding carboxylic acids is 1. The van der Waals surface area contributed by atoms with Crippen LogP contribution in [0.4, 0.5) is 0 Å². The van der Waals surface area contributed by atoms with Gasteiger partial charge in [-0.05, 0) is 31.1 Å². The van der Waals surface area contributed by atoms with Crippen molar-refractivity contribution in [2.24, 2.45) is 11.3 Å². The van der Waals surface area contributed by atoms with Crippen LogP contribution < -0.4 is 0 Å². The van der Waals surface area contributed by atoms with Crippen LogP contribution in [-0.4, -0.2) is 17.8 Å². The molecule has 2 rings (SSSR count). The molecule has 4 heteroatoms. The highest BCUT2D eigenvalue weighted by Crippen LogP contribution is 2.53.